The van der Waals surface area contributed by atoms with Crippen molar-refractivity contribution in [3.8, 4) is 22.8 Å². The molecule has 9 heteroatoms. The SMILES string of the molecule is COc1ccc(-c2csc(NC(=O)c3cccc(OC(F)F)c3)n2)cc1F. The molecule has 1 heterocycles. The molecule has 0 radical (unpaired) electrons. The number of aromatic nitrogens is 1. The number of alkyl halides is 2. The summed E-state index contributed by atoms with van der Waals surface area (Å²) in [5.74, 6) is -1.06. The fourth-order valence-corrected chi connectivity index (χ4v) is 2.99. The number of anilines is 1. The van der Waals surface area contributed by atoms with Gasteiger partial charge in [0.25, 0.3) is 5.91 Å². The Morgan fingerprint density at radius 1 is 1.22 bits per heavy atom. The van der Waals surface area contributed by atoms with Crippen molar-refractivity contribution >= 4 is 22.4 Å². The number of amides is 1. The zero-order valence-electron chi connectivity index (χ0n) is 13.9. The third-order valence-electron chi connectivity index (χ3n) is 3.49. The van der Waals surface area contributed by atoms with Crippen molar-refractivity contribution in [1.29, 1.82) is 0 Å². The molecule has 5 nitrogen and oxygen atoms in total. The number of hydrogen-bond acceptors (Lipinski definition) is 5. The highest BCUT2D eigenvalue weighted by molar-refractivity contribution is 7.14. The Balaban J connectivity index is 1.74. The van der Waals surface area contributed by atoms with Crippen molar-refractivity contribution < 1.29 is 27.4 Å². The first-order chi connectivity index (χ1) is 13.0. The molecule has 140 valence electrons. The first-order valence-electron chi connectivity index (χ1n) is 7.62. The summed E-state index contributed by atoms with van der Waals surface area (Å²) in [4.78, 5) is 16.5. The van der Waals surface area contributed by atoms with E-state index in [0.29, 0.717) is 11.3 Å². The third kappa shape index (κ3) is 4.56. The van der Waals surface area contributed by atoms with Gasteiger partial charge in [-0.2, -0.15) is 8.78 Å². The van der Waals surface area contributed by atoms with Crippen LogP contribution in [-0.2, 0) is 0 Å². The largest absolute Gasteiger partial charge is 0.494 e. The van der Waals surface area contributed by atoms with Gasteiger partial charge in [-0.15, -0.1) is 11.3 Å². The zero-order valence-corrected chi connectivity index (χ0v) is 14.7. The summed E-state index contributed by atoms with van der Waals surface area (Å²) in [5, 5.41) is 4.52. The van der Waals surface area contributed by atoms with Gasteiger partial charge in [0.1, 0.15) is 5.75 Å². The minimum atomic E-state index is -2.98. The average molecular weight is 394 g/mol. The van der Waals surface area contributed by atoms with Crippen molar-refractivity contribution in [3.05, 3.63) is 59.2 Å². The molecule has 0 aliphatic rings. The number of ether oxygens (including phenoxy) is 2. The van der Waals surface area contributed by atoms with E-state index in [1.165, 1.54) is 43.5 Å². The van der Waals surface area contributed by atoms with E-state index in [-0.39, 0.29) is 22.2 Å². The molecule has 0 fully saturated rings. The minimum Gasteiger partial charge on any atom is -0.494 e. The van der Waals surface area contributed by atoms with E-state index in [1.807, 2.05) is 0 Å². The van der Waals surface area contributed by atoms with E-state index in [2.05, 4.69) is 15.0 Å². The van der Waals surface area contributed by atoms with Crippen molar-refractivity contribution in [2.45, 2.75) is 6.61 Å². The van der Waals surface area contributed by atoms with E-state index in [9.17, 15) is 18.0 Å². The van der Waals surface area contributed by atoms with E-state index >= 15 is 0 Å². The molecule has 0 bridgehead atoms. The van der Waals surface area contributed by atoms with Crippen LogP contribution >= 0.6 is 11.3 Å². The molecule has 0 aliphatic heterocycles. The lowest BCUT2D eigenvalue weighted by Gasteiger charge is -2.06. The Hall–Kier alpha value is -3.07. The molecule has 3 rings (SSSR count). The fourth-order valence-electron chi connectivity index (χ4n) is 2.27. The van der Waals surface area contributed by atoms with Crippen molar-refractivity contribution in [1.82, 2.24) is 4.98 Å². The summed E-state index contributed by atoms with van der Waals surface area (Å²) < 4.78 is 47.5. The van der Waals surface area contributed by atoms with Crippen LogP contribution in [0.25, 0.3) is 11.3 Å². The maximum absolute atomic E-state index is 13.8. The van der Waals surface area contributed by atoms with Crippen molar-refractivity contribution in [2.75, 3.05) is 12.4 Å². The van der Waals surface area contributed by atoms with Gasteiger partial charge in [0.15, 0.2) is 16.7 Å². The Morgan fingerprint density at radius 2 is 2.04 bits per heavy atom. The molecule has 0 saturated carbocycles. The number of thiazole rings is 1. The topological polar surface area (TPSA) is 60.5 Å². The van der Waals surface area contributed by atoms with E-state index in [0.717, 1.165) is 11.3 Å². The predicted octanol–water partition coefficient (Wildman–Crippen LogP) is 4.81. The second-order valence-corrected chi connectivity index (χ2v) is 6.11. The van der Waals surface area contributed by atoms with Gasteiger partial charge in [0.05, 0.1) is 12.8 Å². The number of halogens is 3. The van der Waals surface area contributed by atoms with E-state index < -0.39 is 18.3 Å². The highest BCUT2D eigenvalue weighted by Gasteiger charge is 2.13. The van der Waals surface area contributed by atoms with Crippen LogP contribution in [0.1, 0.15) is 10.4 Å². The number of hydrogen-bond donors (Lipinski definition) is 1. The monoisotopic (exact) mass is 394 g/mol. The average Bonchev–Trinajstić information content (AvgIpc) is 3.09. The van der Waals surface area contributed by atoms with E-state index in [4.69, 9.17) is 4.74 Å². The van der Waals surface area contributed by atoms with Gasteiger partial charge in [-0.05, 0) is 36.4 Å². The number of rotatable bonds is 6. The van der Waals surface area contributed by atoms with Gasteiger partial charge < -0.3 is 9.47 Å². The first kappa shape index (κ1) is 18.7. The van der Waals surface area contributed by atoms with Gasteiger partial charge >= 0.3 is 6.61 Å². The highest BCUT2D eigenvalue weighted by atomic mass is 32.1. The molecule has 2 aromatic carbocycles. The molecule has 0 saturated heterocycles. The zero-order chi connectivity index (χ0) is 19.4. The van der Waals surface area contributed by atoms with Crippen LogP contribution in [0.4, 0.5) is 18.3 Å². The number of nitrogens with one attached hydrogen (secondary N) is 1. The maximum atomic E-state index is 13.8. The van der Waals surface area contributed by atoms with Gasteiger partial charge in [-0.25, -0.2) is 9.37 Å². The molecule has 1 amide bonds. The smallest absolute Gasteiger partial charge is 0.387 e. The second kappa shape index (κ2) is 8.09. The molecule has 0 aliphatic carbocycles. The number of carbonyl (C=O) groups is 1. The van der Waals surface area contributed by atoms with Crippen LogP contribution in [0.3, 0.4) is 0 Å². The summed E-state index contributed by atoms with van der Waals surface area (Å²) in [6, 6.07) is 9.83. The van der Waals surface area contributed by atoms with E-state index in [1.54, 1.807) is 11.4 Å². The van der Waals surface area contributed by atoms with Crippen LogP contribution in [0.2, 0.25) is 0 Å². The van der Waals surface area contributed by atoms with Crippen LogP contribution in [-0.4, -0.2) is 24.6 Å². The van der Waals surface area contributed by atoms with Crippen LogP contribution in [0, 0.1) is 5.82 Å². The van der Waals surface area contributed by atoms with Crippen molar-refractivity contribution in [3.63, 3.8) is 0 Å². The van der Waals surface area contributed by atoms with Gasteiger partial charge in [-0.3, -0.25) is 10.1 Å². The Bertz CT molecular complexity index is 963. The second-order valence-electron chi connectivity index (χ2n) is 5.25. The van der Waals surface area contributed by atoms with Crippen LogP contribution < -0.4 is 14.8 Å². The molecule has 1 aromatic heterocycles. The molecule has 0 atom stereocenters. The summed E-state index contributed by atoms with van der Waals surface area (Å²) in [5.41, 5.74) is 1.14. The lowest BCUT2D eigenvalue weighted by Crippen LogP contribution is -2.12. The fraction of sp³-hybridized carbons (Fsp3) is 0.111. The number of carbonyl (C=O) groups excluding carboxylic acids is 1. The summed E-state index contributed by atoms with van der Waals surface area (Å²) in [6.07, 6.45) is 0. The molecule has 27 heavy (non-hydrogen) atoms. The maximum Gasteiger partial charge on any atom is 0.387 e. The first-order valence-corrected chi connectivity index (χ1v) is 8.50. The quantitative estimate of drug-likeness (QED) is 0.652. The molecule has 0 unspecified atom stereocenters. The molecule has 3 aromatic rings. The lowest BCUT2D eigenvalue weighted by atomic mass is 10.1. The third-order valence-corrected chi connectivity index (χ3v) is 4.25. The number of nitrogens with zero attached hydrogens (tertiary/aromatic N) is 1. The van der Waals surface area contributed by atoms with Gasteiger partial charge in [0, 0.05) is 16.5 Å². The summed E-state index contributed by atoms with van der Waals surface area (Å²) in [7, 11) is 1.37. The summed E-state index contributed by atoms with van der Waals surface area (Å²) in [6.45, 7) is -2.98. The van der Waals surface area contributed by atoms with Crippen LogP contribution in [0.15, 0.2) is 47.8 Å². The lowest BCUT2D eigenvalue weighted by molar-refractivity contribution is -0.0498. The Labute approximate surface area is 156 Å². The van der Waals surface area contributed by atoms with Crippen molar-refractivity contribution in [2.24, 2.45) is 0 Å². The highest BCUT2D eigenvalue weighted by Crippen LogP contribution is 2.28. The normalized spacial score (nSPS) is 10.7. The number of methoxy groups -OCH3 is 1. The Morgan fingerprint density at radius 3 is 2.74 bits per heavy atom. The molecular formula is C18H13F3N2O3S. The van der Waals surface area contributed by atoms with Gasteiger partial charge in [0.2, 0.25) is 0 Å². The minimum absolute atomic E-state index is 0.119. The van der Waals surface area contributed by atoms with Gasteiger partial charge in [-0.1, -0.05) is 6.07 Å². The standard InChI is InChI=1S/C18H13F3N2O3S/c1-25-15-6-5-10(8-13(15)19)14-9-27-18(22-14)23-16(24)11-3-2-4-12(7-11)26-17(20)21/h2-9,17H,1H3,(H,22,23,24). The van der Waals surface area contributed by atoms with Crippen LogP contribution in [0.5, 0.6) is 11.5 Å². The molecular weight excluding hydrogens is 381 g/mol. The molecule has 0 spiro atoms. The Kier molecular flexibility index (Phi) is 5.60. The molecule has 1 N–H and O–H groups in total. The summed E-state index contributed by atoms with van der Waals surface area (Å²) >= 11 is 1.15. The number of benzene rings is 2. The predicted molar refractivity (Wildman–Crippen MR) is 95.1 cm³/mol.